The molecule has 0 bridgehead atoms. The third-order valence-corrected chi connectivity index (χ3v) is 5.46. The Bertz CT molecular complexity index is 919. The molecule has 2 rings (SSSR count). The number of benzene rings is 2. The lowest BCUT2D eigenvalue weighted by atomic mass is 10.2. The summed E-state index contributed by atoms with van der Waals surface area (Å²) in [5.41, 5.74) is 0.697. The second kappa shape index (κ2) is 8.68. The first-order valence-corrected chi connectivity index (χ1v) is 9.91. The van der Waals surface area contributed by atoms with Crippen molar-refractivity contribution >= 4 is 27.6 Å². The predicted molar refractivity (Wildman–Crippen MR) is 102 cm³/mol. The number of carbonyl (C=O) groups excluding carboxylic acids is 2. The van der Waals surface area contributed by atoms with E-state index in [4.69, 9.17) is 0 Å². The van der Waals surface area contributed by atoms with E-state index in [1.54, 1.807) is 23.1 Å². The fraction of sp³-hybridized carbons (Fsp3) is 0.263. The number of carbonyl (C=O) groups is 2. The number of ether oxygens (including phenoxy) is 1. The zero-order valence-corrected chi connectivity index (χ0v) is 16.2. The zero-order valence-electron chi connectivity index (χ0n) is 15.4. The van der Waals surface area contributed by atoms with Crippen LogP contribution >= 0.6 is 0 Å². The number of nitrogens with zero attached hydrogens (tertiary/aromatic N) is 1. The van der Waals surface area contributed by atoms with Crippen molar-refractivity contribution in [1.29, 1.82) is 0 Å². The van der Waals surface area contributed by atoms with Crippen LogP contribution in [-0.2, 0) is 14.8 Å². The van der Waals surface area contributed by atoms with Gasteiger partial charge in [0.15, 0.2) is 0 Å². The zero-order chi connectivity index (χ0) is 20.0. The summed E-state index contributed by atoms with van der Waals surface area (Å²) >= 11 is 0. The van der Waals surface area contributed by atoms with Gasteiger partial charge in [-0.3, -0.25) is 9.52 Å². The number of esters is 1. The van der Waals surface area contributed by atoms with Crippen LogP contribution in [0.3, 0.4) is 0 Å². The first-order chi connectivity index (χ1) is 12.8. The van der Waals surface area contributed by atoms with Crippen LogP contribution in [0.15, 0.2) is 53.4 Å². The molecule has 0 aliphatic carbocycles. The summed E-state index contributed by atoms with van der Waals surface area (Å²) in [5.74, 6) is -0.860. The van der Waals surface area contributed by atoms with E-state index in [0.717, 1.165) is 0 Å². The van der Waals surface area contributed by atoms with Crippen LogP contribution in [0, 0.1) is 0 Å². The first-order valence-electron chi connectivity index (χ1n) is 8.43. The molecule has 0 fully saturated rings. The van der Waals surface area contributed by atoms with Crippen molar-refractivity contribution in [3.63, 3.8) is 0 Å². The first kappa shape index (κ1) is 20.4. The van der Waals surface area contributed by atoms with Crippen LogP contribution in [0.25, 0.3) is 0 Å². The van der Waals surface area contributed by atoms with Crippen molar-refractivity contribution in [3.8, 4) is 0 Å². The molecule has 0 aliphatic rings. The van der Waals surface area contributed by atoms with Crippen LogP contribution in [0.2, 0.25) is 0 Å². The number of nitrogens with one attached hydrogen (secondary N) is 1. The molecule has 0 atom stereocenters. The van der Waals surface area contributed by atoms with Gasteiger partial charge in [-0.15, -0.1) is 0 Å². The highest BCUT2D eigenvalue weighted by atomic mass is 32.2. The highest BCUT2D eigenvalue weighted by Gasteiger charge is 2.23. The molecule has 0 spiro atoms. The minimum atomic E-state index is -4.00. The predicted octanol–water partition coefficient (Wildman–Crippen LogP) is 2.76. The molecule has 1 amide bonds. The minimum Gasteiger partial charge on any atom is -0.465 e. The summed E-state index contributed by atoms with van der Waals surface area (Å²) in [6.45, 7) is 4.97. The maximum absolute atomic E-state index is 12.7. The molecule has 7 nitrogen and oxygen atoms in total. The van der Waals surface area contributed by atoms with Gasteiger partial charge in [0.05, 0.1) is 12.7 Å². The smallest absolute Gasteiger partial charge is 0.339 e. The fourth-order valence-corrected chi connectivity index (χ4v) is 3.82. The molecule has 0 saturated heterocycles. The summed E-state index contributed by atoms with van der Waals surface area (Å²) in [7, 11) is -2.82. The maximum atomic E-state index is 12.7. The van der Waals surface area contributed by atoms with Gasteiger partial charge in [-0.25, -0.2) is 13.2 Å². The normalized spacial score (nSPS) is 10.9. The van der Waals surface area contributed by atoms with Crippen LogP contribution in [0.4, 0.5) is 5.69 Å². The maximum Gasteiger partial charge on any atom is 0.339 e. The monoisotopic (exact) mass is 390 g/mol. The van der Waals surface area contributed by atoms with E-state index in [0.29, 0.717) is 18.7 Å². The highest BCUT2D eigenvalue weighted by molar-refractivity contribution is 7.92. The molecule has 0 heterocycles. The van der Waals surface area contributed by atoms with Crippen molar-refractivity contribution < 1.29 is 22.7 Å². The fourth-order valence-electron chi connectivity index (χ4n) is 2.56. The Morgan fingerprint density at radius 1 is 1.00 bits per heavy atom. The van der Waals surface area contributed by atoms with E-state index in [2.05, 4.69) is 9.46 Å². The SMILES string of the molecule is CCN(CC)C(=O)c1ccc(NS(=O)(=O)c2ccccc2C(=O)OC)cc1. The molecule has 144 valence electrons. The van der Waals surface area contributed by atoms with Crippen molar-refractivity contribution in [1.82, 2.24) is 4.90 Å². The average molecular weight is 390 g/mol. The average Bonchev–Trinajstić information content (AvgIpc) is 2.68. The summed E-state index contributed by atoms with van der Waals surface area (Å²) < 4.78 is 32.4. The number of amides is 1. The standard InChI is InChI=1S/C19H22N2O5S/c1-4-21(5-2)18(22)14-10-12-15(13-11-14)20-27(24,25)17-9-7-6-8-16(17)19(23)26-3/h6-13,20H,4-5H2,1-3H3. The van der Waals surface area contributed by atoms with Crippen molar-refractivity contribution in [2.24, 2.45) is 0 Å². The Morgan fingerprint density at radius 3 is 2.15 bits per heavy atom. The van der Waals surface area contributed by atoms with Crippen molar-refractivity contribution in [3.05, 3.63) is 59.7 Å². The van der Waals surface area contributed by atoms with Crippen LogP contribution in [0.5, 0.6) is 0 Å². The van der Waals surface area contributed by atoms with Gasteiger partial charge in [0.1, 0.15) is 4.90 Å². The number of rotatable bonds is 7. The summed E-state index contributed by atoms with van der Waals surface area (Å²) in [4.78, 5) is 25.6. The Labute approximate surface area is 159 Å². The van der Waals surface area contributed by atoms with Crippen molar-refractivity contribution in [2.45, 2.75) is 18.7 Å². The van der Waals surface area contributed by atoms with Crippen LogP contribution < -0.4 is 4.72 Å². The molecule has 2 aromatic carbocycles. The van der Waals surface area contributed by atoms with E-state index in [-0.39, 0.29) is 22.1 Å². The molecule has 27 heavy (non-hydrogen) atoms. The molecule has 0 aromatic heterocycles. The molecule has 0 saturated carbocycles. The largest absolute Gasteiger partial charge is 0.465 e. The van der Waals surface area contributed by atoms with E-state index in [1.807, 2.05) is 13.8 Å². The van der Waals surface area contributed by atoms with Gasteiger partial charge in [-0.1, -0.05) is 12.1 Å². The topological polar surface area (TPSA) is 92.8 Å². The van der Waals surface area contributed by atoms with Gasteiger partial charge in [-0.05, 0) is 50.2 Å². The van der Waals surface area contributed by atoms with Gasteiger partial charge in [0.2, 0.25) is 0 Å². The molecule has 8 heteroatoms. The van der Waals surface area contributed by atoms with Gasteiger partial charge < -0.3 is 9.64 Å². The van der Waals surface area contributed by atoms with Gasteiger partial charge >= 0.3 is 5.97 Å². The number of hydrogen-bond acceptors (Lipinski definition) is 5. The van der Waals surface area contributed by atoms with E-state index in [1.165, 1.54) is 37.4 Å². The summed E-state index contributed by atoms with van der Waals surface area (Å²) in [5, 5.41) is 0. The third-order valence-electron chi connectivity index (χ3n) is 4.02. The van der Waals surface area contributed by atoms with Gasteiger partial charge in [-0.2, -0.15) is 0 Å². The Kier molecular flexibility index (Phi) is 6.57. The Balaban J connectivity index is 2.27. The Hall–Kier alpha value is -2.87. The Morgan fingerprint density at radius 2 is 1.59 bits per heavy atom. The molecular weight excluding hydrogens is 368 g/mol. The highest BCUT2D eigenvalue weighted by Crippen LogP contribution is 2.21. The van der Waals surface area contributed by atoms with Crippen molar-refractivity contribution in [2.75, 3.05) is 24.9 Å². The van der Waals surface area contributed by atoms with Gasteiger partial charge in [0.25, 0.3) is 15.9 Å². The molecule has 0 aliphatic heterocycles. The van der Waals surface area contributed by atoms with Gasteiger partial charge in [0, 0.05) is 24.3 Å². The minimum absolute atomic E-state index is 0.0548. The quantitative estimate of drug-likeness (QED) is 0.734. The molecule has 2 aromatic rings. The number of hydrogen-bond donors (Lipinski definition) is 1. The van der Waals surface area contributed by atoms with Crippen LogP contribution in [-0.4, -0.2) is 45.4 Å². The molecule has 0 unspecified atom stereocenters. The summed E-state index contributed by atoms with van der Waals surface area (Å²) in [6, 6.07) is 11.9. The van der Waals surface area contributed by atoms with E-state index < -0.39 is 16.0 Å². The lowest BCUT2D eigenvalue weighted by molar-refractivity contribution is 0.0596. The number of methoxy groups -OCH3 is 1. The second-order valence-corrected chi connectivity index (χ2v) is 7.30. The third kappa shape index (κ3) is 4.65. The molecule has 0 radical (unpaired) electrons. The number of anilines is 1. The lowest BCUT2D eigenvalue weighted by Gasteiger charge is -2.18. The van der Waals surface area contributed by atoms with E-state index in [9.17, 15) is 18.0 Å². The van der Waals surface area contributed by atoms with Crippen LogP contribution in [0.1, 0.15) is 34.6 Å². The molecular formula is C19H22N2O5S. The molecule has 1 N–H and O–H groups in total. The van der Waals surface area contributed by atoms with E-state index >= 15 is 0 Å². The summed E-state index contributed by atoms with van der Waals surface area (Å²) in [6.07, 6.45) is 0. The second-order valence-electron chi connectivity index (χ2n) is 5.65. The lowest BCUT2D eigenvalue weighted by Crippen LogP contribution is -2.30. The number of sulfonamides is 1.